The summed E-state index contributed by atoms with van der Waals surface area (Å²) in [5.74, 6) is -2.32. The number of fused-ring (bicyclic) bond motifs is 1. The predicted molar refractivity (Wildman–Crippen MR) is 162 cm³/mol. The van der Waals surface area contributed by atoms with Gasteiger partial charge < -0.3 is 36.0 Å². The van der Waals surface area contributed by atoms with E-state index in [1.807, 2.05) is 6.07 Å². The van der Waals surface area contributed by atoms with E-state index in [2.05, 4.69) is 10.6 Å². The first-order valence-electron chi connectivity index (χ1n) is 14.9. The van der Waals surface area contributed by atoms with Crippen molar-refractivity contribution in [2.45, 2.75) is 83.2 Å². The second-order valence-corrected chi connectivity index (χ2v) is 13.3. The second kappa shape index (κ2) is 14.4. The number of carboxylic acids is 1. The molecule has 3 amide bonds. The highest BCUT2D eigenvalue weighted by molar-refractivity contribution is 7.60. The first kappa shape index (κ1) is 33.2. The summed E-state index contributed by atoms with van der Waals surface area (Å²) in [4.78, 5) is 68.9. The van der Waals surface area contributed by atoms with Crippen LogP contribution in [-0.4, -0.2) is 51.2 Å². The van der Waals surface area contributed by atoms with Gasteiger partial charge in [-0.1, -0.05) is 31.7 Å². The van der Waals surface area contributed by atoms with Gasteiger partial charge in [-0.3, -0.25) is 18.9 Å². The van der Waals surface area contributed by atoms with E-state index in [-0.39, 0.29) is 17.5 Å². The second-order valence-electron chi connectivity index (χ2n) is 11.7. The van der Waals surface area contributed by atoms with Crippen LogP contribution in [0.3, 0.4) is 0 Å². The van der Waals surface area contributed by atoms with Crippen LogP contribution < -0.4 is 26.4 Å². The van der Waals surface area contributed by atoms with Crippen LogP contribution in [0, 0.1) is 5.92 Å². The molecule has 2 aromatic rings. The van der Waals surface area contributed by atoms with Gasteiger partial charge in [0.15, 0.2) is 0 Å². The highest BCUT2D eigenvalue weighted by Gasteiger charge is 2.30. The molecule has 0 bridgehead atoms. The van der Waals surface area contributed by atoms with Gasteiger partial charge in [0.25, 0.3) is 5.91 Å². The lowest BCUT2D eigenvalue weighted by atomic mass is 9.90. The number of hydrogen-bond donors (Lipinski definition) is 6. The van der Waals surface area contributed by atoms with Gasteiger partial charge in [-0.2, -0.15) is 0 Å². The largest absolute Gasteiger partial charge is 0.492 e. The average Bonchev–Trinajstić information content (AvgIpc) is 3.16. The molecule has 12 nitrogen and oxygen atoms in total. The summed E-state index contributed by atoms with van der Waals surface area (Å²) in [6.45, 7) is 1.76. The number of nitrogens with one attached hydrogen (secondary N) is 2. The molecule has 0 radical (unpaired) electrons. The molecule has 0 saturated heterocycles. The molecular formula is C31H40N3O9P. The van der Waals surface area contributed by atoms with Crippen LogP contribution in [-0.2, 0) is 27.0 Å². The molecule has 1 saturated carbocycles. The van der Waals surface area contributed by atoms with Crippen molar-refractivity contribution < 1.29 is 43.4 Å². The van der Waals surface area contributed by atoms with E-state index in [1.165, 1.54) is 32.3 Å². The fourth-order valence-electron chi connectivity index (χ4n) is 6.12. The minimum Gasteiger partial charge on any atom is -0.492 e. The highest BCUT2D eigenvalue weighted by Crippen LogP contribution is 2.36. The van der Waals surface area contributed by atoms with Crippen LogP contribution in [0.15, 0.2) is 30.3 Å². The van der Waals surface area contributed by atoms with Gasteiger partial charge in [0.05, 0.1) is 29.1 Å². The first-order valence-corrected chi connectivity index (χ1v) is 16.5. The maximum atomic E-state index is 13.6. The normalized spacial score (nSPS) is 17.9. The summed E-state index contributed by atoms with van der Waals surface area (Å²) in [6.07, 6.45) is 8.56. The minimum atomic E-state index is -4.86. The van der Waals surface area contributed by atoms with E-state index in [4.69, 9.17) is 10.5 Å². The summed E-state index contributed by atoms with van der Waals surface area (Å²) in [5.41, 5.74) is 7.38. The standard InChI is InChI=1S/C31H40N3O9P/c1-18(35)33-26(14-20-11-12-28(44(40,41)42)24(13-20)31(38)39)30(37)34-25-10-6-5-9-21-15-27(23(29(32)36)16-22(21)25)43-17-19-7-3-2-4-8-19/h11-13,15-16,19,25-26H,2-10,14,17H2,1H3,(H2,32,36)(H,33,35)(H,34,37)(H,38,39)(H2,40,41,42)/t25-,26-/m0/s1. The Morgan fingerprint density at radius 3 is 2.34 bits per heavy atom. The van der Waals surface area contributed by atoms with Gasteiger partial charge in [0.2, 0.25) is 11.8 Å². The van der Waals surface area contributed by atoms with E-state index >= 15 is 0 Å². The molecule has 0 aliphatic heterocycles. The van der Waals surface area contributed by atoms with Crippen LogP contribution in [0.2, 0.25) is 0 Å². The molecule has 13 heteroatoms. The minimum absolute atomic E-state index is 0.132. The van der Waals surface area contributed by atoms with E-state index in [1.54, 1.807) is 6.07 Å². The average molecular weight is 630 g/mol. The van der Waals surface area contributed by atoms with Gasteiger partial charge >= 0.3 is 13.6 Å². The number of ether oxygens (including phenoxy) is 1. The Labute approximate surface area is 255 Å². The number of carbonyl (C=O) groups is 4. The fraction of sp³-hybridized carbons (Fsp3) is 0.484. The third-order valence-corrected chi connectivity index (χ3v) is 9.34. The van der Waals surface area contributed by atoms with Crippen LogP contribution in [0.5, 0.6) is 5.75 Å². The molecular weight excluding hydrogens is 589 g/mol. The maximum absolute atomic E-state index is 13.6. The van der Waals surface area contributed by atoms with Gasteiger partial charge in [0.1, 0.15) is 11.8 Å². The Morgan fingerprint density at radius 2 is 1.70 bits per heavy atom. The molecule has 0 unspecified atom stereocenters. The number of nitrogens with two attached hydrogens (primary N) is 1. The Bertz CT molecular complexity index is 1470. The molecule has 44 heavy (non-hydrogen) atoms. The molecule has 0 heterocycles. The summed E-state index contributed by atoms with van der Waals surface area (Å²) in [5, 5.41) is 14.5. The Hall–Kier alpha value is -3.73. The van der Waals surface area contributed by atoms with E-state index in [9.17, 15) is 38.6 Å². The monoisotopic (exact) mass is 629 g/mol. The number of rotatable bonds is 11. The molecule has 0 aromatic heterocycles. The zero-order valence-electron chi connectivity index (χ0n) is 24.7. The Balaban J connectivity index is 1.58. The van der Waals surface area contributed by atoms with Gasteiger partial charge in [0, 0.05) is 13.3 Å². The van der Waals surface area contributed by atoms with Crippen molar-refractivity contribution in [3.63, 3.8) is 0 Å². The van der Waals surface area contributed by atoms with Crippen molar-refractivity contribution in [2.24, 2.45) is 11.7 Å². The Kier molecular flexibility index (Phi) is 10.8. The lowest BCUT2D eigenvalue weighted by Gasteiger charge is -2.26. The zero-order valence-corrected chi connectivity index (χ0v) is 25.6. The molecule has 2 aliphatic rings. The summed E-state index contributed by atoms with van der Waals surface area (Å²) < 4.78 is 17.9. The molecule has 2 aliphatic carbocycles. The highest BCUT2D eigenvalue weighted by atomic mass is 31.2. The summed E-state index contributed by atoms with van der Waals surface area (Å²) >= 11 is 0. The first-order chi connectivity index (χ1) is 20.8. The molecule has 2 atom stereocenters. The van der Waals surface area contributed by atoms with Crippen molar-refractivity contribution in [3.8, 4) is 5.75 Å². The molecule has 238 valence electrons. The van der Waals surface area contributed by atoms with Crippen molar-refractivity contribution in [2.75, 3.05) is 6.61 Å². The third kappa shape index (κ3) is 8.46. The predicted octanol–water partition coefficient (Wildman–Crippen LogP) is 2.88. The number of hydrogen-bond acceptors (Lipinski definition) is 6. The smallest absolute Gasteiger partial charge is 0.357 e. The van der Waals surface area contributed by atoms with Crippen LogP contribution in [0.4, 0.5) is 0 Å². The molecule has 4 rings (SSSR count). The summed E-state index contributed by atoms with van der Waals surface area (Å²) in [6, 6.07) is 5.36. The number of aryl methyl sites for hydroxylation is 1. The van der Waals surface area contributed by atoms with E-state index in [0.717, 1.165) is 55.4 Å². The SMILES string of the molecule is CC(=O)N[C@@H](Cc1ccc(P(=O)(O)O)c(C(=O)O)c1)C(=O)N[C@H]1CCCCc2cc(OCC3CCCCC3)c(C(N)=O)cc21. The van der Waals surface area contributed by atoms with Gasteiger partial charge in [-0.05, 0) is 79.0 Å². The summed E-state index contributed by atoms with van der Waals surface area (Å²) in [7, 11) is -4.86. The third-order valence-electron chi connectivity index (χ3n) is 8.33. The number of carboxylic acid groups (broad SMARTS) is 1. The Morgan fingerprint density at radius 1 is 1.00 bits per heavy atom. The van der Waals surface area contributed by atoms with Crippen LogP contribution in [0.25, 0.3) is 0 Å². The van der Waals surface area contributed by atoms with E-state index in [0.29, 0.717) is 24.7 Å². The number of amides is 3. The molecule has 7 N–H and O–H groups in total. The number of aromatic carboxylic acids is 1. The van der Waals surface area contributed by atoms with Crippen molar-refractivity contribution in [1.82, 2.24) is 10.6 Å². The molecule has 1 fully saturated rings. The lowest BCUT2D eigenvalue weighted by molar-refractivity contribution is -0.128. The van der Waals surface area contributed by atoms with E-state index < -0.39 is 54.2 Å². The molecule has 2 aromatic carbocycles. The van der Waals surface area contributed by atoms with Crippen molar-refractivity contribution in [3.05, 3.63) is 58.1 Å². The van der Waals surface area contributed by atoms with Gasteiger partial charge in [-0.15, -0.1) is 0 Å². The van der Waals surface area contributed by atoms with Crippen molar-refractivity contribution >= 4 is 36.6 Å². The fourth-order valence-corrected chi connectivity index (χ4v) is 6.86. The number of carbonyl (C=O) groups excluding carboxylic acids is 3. The lowest BCUT2D eigenvalue weighted by Crippen LogP contribution is -2.48. The maximum Gasteiger partial charge on any atom is 0.357 e. The zero-order chi connectivity index (χ0) is 32.0. The quantitative estimate of drug-likeness (QED) is 0.159. The topological polar surface area (TPSA) is 205 Å². The van der Waals surface area contributed by atoms with Crippen LogP contribution in [0.1, 0.15) is 102 Å². The van der Waals surface area contributed by atoms with Gasteiger partial charge in [-0.25, -0.2) is 4.79 Å². The van der Waals surface area contributed by atoms with Crippen molar-refractivity contribution in [1.29, 1.82) is 0 Å². The number of benzene rings is 2. The number of primary amides is 1. The molecule has 0 spiro atoms. The van der Waals surface area contributed by atoms with Crippen LogP contribution >= 0.6 is 7.60 Å².